The first kappa shape index (κ1) is 14.4. The fourth-order valence-electron chi connectivity index (χ4n) is 2.55. The van der Waals surface area contributed by atoms with Crippen LogP contribution in [0.3, 0.4) is 0 Å². The van der Waals surface area contributed by atoms with E-state index < -0.39 is 35.6 Å². The van der Waals surface area contributed by atoms with Crippen molar-refractivity contribution in [3.8, 4) is 0 Å². The number of carbonyl (C=O) groups excluding carboxylic acids is 1. The van der Waals surface area contributed by atoms with Gasteiger partial charge in [-0.1, -0.05) is 18.9 Å². The van der Waals surface area contributed by atoms with Crippen molar-refractivity contribution in [2.45, 2.75) is 31.7 Å². The molecule has 6 heteroatoms. The molecule has 0 heterocycles. The Bertz CT molecular complexity index is 527. The molecule has 108 valence electrons. The Balaban J connectivity index is 2.29. The molecule has 20 heavy (non-hydrogen) atoms. The Labute approximate surface area is 115 Å². The van der Waals surface area contributed by atoms with Crippen LogP contribution in [0.15, 0.2) is 18.2 Å². The molecule has 1 aromatic carbocycles. The average Bonchev–Trinajstić information content (AvgIpc) is 2.92. The van der Waals surface area contributed by atoms with Gasteiger partial charge < -0.3 is 10.0 Å². The van der Waals surface area contributed by atoms with Gasteiger partial charge in [0, 0.05) is 6.04 Å². The van der Waals surface area contributed by atoms with Crippen molar-refractivity contribution in [1.29, 1.82) is 0 Å². The number of carbonyl (C=O) groups is 2. The lowest BCUT2D eigenvalue weighted by Crippen LogP contribution is -2.42. The van der Waals surface area contributed by atoms with E-state index in [1.165, 1.54) is 12.1 Å². The Hall–Kier alpha value is -1.98. The highest BCUT2D eigenvalue weighted by molar-refractivity contribution is 5.96. The number of carboxylic acid groups (broad SMARTS) is 1. The summed E-state index contributed by atoms with van der Waals surface area (Å²) in [4.78, 5) is 24.3. The number of halogens is 2. The molecule has 0 spiro atoms. The van der Waals surface area contributed by atoms with Crippen LogP contribution in [0.1, 0.15) is 36.0 Å². The second-order valence-corrected chi connectivity index (χ2v) is 4.87. The smallest absolute Gasteiger partial charge is 0.323 e. The summed E-state index contributed by atoms with van der Waals surface area (Å²) in [5, 5.41) is 8.90. The molecule has 1 aromatic rings. The maximum Gasteiger partial charge on any atom is 0.323 e. The monoisotopic (exact) mass is 283 g/mol. The molecule has 0 saturated heterocycles. The molecule has 0 unspecified atom stereocenters. The van der Waals surface area contributed by atoms with E-state index in [0.29, 0.717) is 12.8 Å². The maximum absolute atomic E-state index is 13.7. The van der Waals surface area contributed by atoms with Crippen molar-refractivity contribution < 1.29 is 23.5 Å². The highest BCUT2D eigenvalue weighted by Gasteiger charge is 2.30. The van der Waals surface area contributed by atoms with E-state index in [9.17, 15) is 18.4 Å². The molecule has 0 aromatic heterocycles. The Kier molecular flexibility index (Phi) is 4.32. The van der Waals surface area contributed by atoms with Gasteiger partial charge in [0.15, 0.2) is 11.6 Å². The molecule has 0 atom stereocenters. The zero-order valence-corrected chi connectivity index (χ0v) is 10.8. The third-order valence-corrected chi connectivity index (χ3v) is 3.51. The van der Waals surface area contributed by atoms with Crippen molar-refractivity contribution in [2.24, 2.45) is 0 Å². The first-order valence-electron chi connectivity index (χ1n) is 6.47. The quantitative estimate of drug-likeness (QED) is 0.923. The Morgan fingerprint density at radius 3 is 2.50 bits per heavy atom. The van der Waals surface area contributed by atoms with Gasteiger partial charge in [0.05, 0.1) is 5.56 Å². The summed E-state index contributed by atoms with van der Waals surface area (Å²) in [5.74, 6) is -4.28. The van der Waals surface area contributed by atoms with Gasteiger partial charge in [0.2, 0.25) is 0 Å². The number of hydrogen-bond donors (Lipinski definition) is 1. The molecule has 0 radical (unpaired) electrons. The zero-order valence-electron chi connectivity index (χ0n) is 10.8. The highest BCUT2D eigenvalue weighted by Crippen LogP contribution is 2.25. The van der Waals surface area contributed by atoms with E-state index in [4.69, 9.17) is 5.11 Å². The molecule has 1 aliphatic rings. The van der Waals surface area contributed by atoms with Gasteiger partial charge in [0.25, 0.3) is 5.91 Å². The zero-order chi connectivity index (χ0) is 14.7. The van der Waals surface area contributed by atoms with Crippen molar-refractivity contribution in [3.63, 3.8) is 0 Å². The molecule has 0 bridgehead atoms. The number of amides is 1. The van der Waals surface area contributed by atoms with Crippen LogP contribution >= 0.6 is 0 Å². The minimum Gasteiger partial charge on any atom is -0.480 e. The lowest BCUT2D eigenvalue weighted by atomic mass is 10.1. The summed E-state index contributed by atoms with van der Waals surface area (Å²) >= 11 is 0. The van der Waals surface area contributed by atoms with Crippen molar-refractivity contribution in [3.05, 3.63) is 35.4 Å². The SMILES string of the molecule is O=C(O)CN(C(=O)c1cccc(F)c1F)C1CCCC1. The summed E-state index contributed by atoms with van der Waals surface area (Å²) in [6, 6.07) is 3.11. The molecule has 1 saturated carbocycles. The van der Waals surface area contributed by atoms with Crippen LogP contribution in [0.2, 0.25) is 0 Å². The number of rotatable bonds is 4. The second kappa shape index (κ2) is 5.98. The van der Waals surface area contributed by atoms with Crippen LogP contribution in [0, 0.1) is 11.6 Å². The van der Waals surface area contributed by atoms with E-state index in [-0.39, 0.29) is 6.04 Å². The maximum atomic E-state index is 13.7. The predicted molar refractivity (Wildman–Crippen MR) is 67.3 cm³/mol. The topological polar surface area (TPSA) is 57.6 Å². The largest absolute Gasteiger partial charge is 0.480 e. The third-order valence-electron chi connectivity index (χ3n) is 3.51. The minimum absolute atomic E-state index is 0.221. The lowest BCUT2D eigenvalue weighted by molar-refractivity contribution is -0.138. The summed E-state index contributed by atoms with van der Waals surface area (Å²) in [6.07, 6.45) is 3.19. The summed E-state index contributed by atoms with van der Waals surface area (Å²) in [7, 11) is 0. The molecule has 0 aliphatic heterocycles. The van der Waals surface area contributed by atoms with Crippen LogP contribution in [0.25, 0.3) is 0 Å². The Morgan fingerprint density at radius 2 is 1.90 bits per heavy atom. The third kappa shape index (κ3) is 2.95. The average molecular weight is 283 g/mol. The number of aliphatic carboxylic acids is 1. The number of nitrogens with zero attached hydrogens (tertiary/aromatic N) is 1. The van der Waals surface area contributed by atoms with E-state index in [1.54, 1.807) is 0 Å². The van der Waals surface area contributed by atoms with Crippen LogP contribution < -0.4 is 0 Å². The van der Waals surface area contributed by atoms with Gasteiger partial charge in [0.1, 0.15) is 6.54 Å². The first-order valence-corrected chi connectivity index (χ1v) is 6.47. The number of carboxylic acids is 1. The van der Waals surface area contributed by atoms with Gasteiger partial charge in [-0.15, -0.1) is 0 Å². The van der Waals surface area contributed by atoms with Crippen LogP contribution in [-0.2, 0) is 4.79 Å². The van der Waals surface area contributed by atoms with E-state index in [2.05, 4.69) is 0 Å². The van der Waals surface area contributed by atoms with Gasteiger partial charge in [-0.05, 0) is 25.0 Å². The first-order chi connectivity index (χ1) is 9.50. The lowest BCUT2D eigenvalue weighted by Gasteiger charge is -2.27. The van der Waals surface area contributed by atoms with E-state index >= 15 is 0 Å². The van der Waals surface area contributed by atoms with Gasteiger partial charge >= 0.3 is 5.97 Å². The molecule has 1 aliphatic carbocycles. The fraction of sp³-hybridized carbons (Fsp3) is 0.429. The van der Waals surface area contributed by atoms with Crippen LogP contribution in [0.5, 0.6) is 0 Å². The van der Waals surface area contributed by atoms with E-state index in [0.717, 1.165) is 23.8 Å². The molecular formula is C14H15F2NO3. The van der Waals surface area contributed by atoms with Crippen molar-refractivity contribution in [1.82, 2.24) is 4.90 Å². The molecule has 2 rings (SSSR count). The standard InChI is InChI=1S/C14H15F2NO3/c15-11-7-3-6-10(13(11)16)14(20)17(8-12(18)19)9-4-1-2-5-9/h3,6-7,9H,1-2,4-5,8H2,(H,18,19). The fourth-order valence-corrected chi connectivity index (χ4v) is 2.55. The molecule has 1 amide bonds. The minimum atomic E-state index is -1.23. The predicted octanol–water partition coefficient (Wildman–Crippen LogP) is 2.43. The van der Waals surface area contributed by atoms with Gasteiger partial charge in [-0.25, -0.2) is 8.78 Å². The molecule has 1 fully saturated rings. The van der Waals surface area contributed by atoms with E-state index in [1.807, 2.05) is 0 Å². The molecular weight excluding hydrogens is 268 g/mol. The number of benzene rings is 1. The molecule has 4 nitrogen and oxygen atoms in total. The van der Waals surface area contributed by atoms with Gasteiger partial charge in [-0.2, -0.15) is 0 Å². The Morgan fingerprint density at radius 1 is 1.25 bits per heavy atom. The molecule has 1 N–H and O–H groups in total. The highest BCUT2D eigenvalue weighted by atomic mass is 19.2. The summed E-state index contributed by atoms with van der Waals surface area (Å²) in [6.45, 7) is -0.501. The second-order valence-electron chi connectivity index (χ2n) is 4.87. The van der Waals surface area contributed by atoms with Crippen molar-refractivity contribution in [2.75, 3.05) is 6.54 Å². The normalized spacial score (nSPS) is 15.3. The summed E-state index contributed by atoms with van der Waals surface area (Å²) in [5.41, 5.74) is -0.418. The summed E-state index contributed by atoms with van der Waals surface area (Å²) < 4.78 is 26.8. The van der Waals surface area contributed by atoms with Crippen molar-refractivity contribution >= 4 is 11.9 Å². The van der Waals surface area contributed by atoms with Crippen LogP contribution in [0.4, 0.5) is 8.78 Å². The van der Waals surface area contributed by atoms with Gasteiger partial charge in [-0.3, -0.25) is 9.59 Å². The number of hydrogen-bond acceptors (Lipinski definition) is 2. The van der Waals surface area contributed by atoms with Crippen LogP contribution in [-0.4, -0.2) is 34.5 Å².